The van der Waals surface area contributed by atoms with Crippen molar-refractivity contribution < 1.29 is 0 Å². The van der Waals surface area contributed by atoms with Crippen LogP contribution in [0.1, 0.15) is 16.7 Å². The third kappa shape index (κ3) is 2.57. The smallest absolute Gasteiger partial charge is 0.0992 e. The molecule has 1 aliphatic heterocycles. The van der Waals surface area contributed by atoms with Gasteiger partial charge in [0.1, 0.15) is 0 Å². The molecular weight excluding hydrogens is 312 g/mol. The number of benzene rings is 2. The summed E-state index contributed by atoms with van der Waals surface area (Å²) in [5.74, 6) is 0. The summed E-state index contributed by atoms with van der Waals surface area (Å²) in [5.41, 5.74) is 4.79. The van der Waals surface area contributed by atoms with Crippen molar-refractivity contribution in [1.29, 1.82) is 5.26 Å². The summed E-state index contributed by atoms with van der Waals surface area (Å²) in [6.45, 7) is 2.03. The van der Waals surface area contributed by atoms with Crippen molar-refractivity contribution in [3.05, 3.63) is 63.6 Å². The lowest BCUT2D eigenvalue weighted by molar-refractivity contribution is 0.804. The Kier molecular flexibility index (Phi) is 3.75. The number of rotatable bonds is 1. The fourth-order valence-electron chi connectivity index (χ4n) is 2.74. The lowest BCUT2D eigenvalue weighted by Gasteiger charge is -2.24. The summed E-state index contributed by atoms with van der Waals surface area (Å²) < 4.78 is 1.00. The van der Waals surface area contributed by atoms with Gasteiger partial charge in [-0.15, -0.1) is 0 Å². The fraction of sp³-hybridized carbons (Fsp3) is 0.235. The van der Waals surface area contributed by atoms with Gasteiger partial charge in [-0.3, -0.25) is 0 Å². The third-order valence-corrected chi connectivity index (χ3v) is 4.47. The van der Waals surface area contributed by atoms with Gasteiger partial charge < -0.3 is 4.90 Å². The molecule has 0 N–H and O–H groups in total. The topological polar surface area (TPSA) is 27.0 Å². The van der Waals surface area contributed by atoms with E-state index in [4.69, 9.17) is 5.26 Å². The van der Waals surface area contributed by atoms with E-state index in [9.17, 15) is 0 Å². The average Bonchev–Trinajstić information content (AvgIpc) is 2.70. The Morgan fingerprint density at radius 3 is 2.20 bits per heavy atom. The Labute approximate surface area is 127 Å². The molecular formula is C17H15BrN2. The largest absolute Gasteiger partial charge is 0.370 e. The summed E-state index contributed by atoms with van der Waals surface area (Å²) in [6, 6.07) is 16.7. The van der Waals surface area contributed by atoms with Gasteiger partial charge in [-0.25, -0.2) is 0 Å². The SMILES string of the molecule is N#Cc1ccc(N2CCc3ccccc3CC2)c(Br)c1. The van der Waals surface area contributed by atoms with E-state index in [1.807, 2.05) is 18.2 Å². The van der Waals surface area contributed by atoms with Crippen molar-refractivity contribution in [3.63, 3.8) is 0 Å². The predicted octanol–water partition coefficient (Wildman–Crippen LogP) is 3.93. The van der Waals surface area contributed by atoms with Crippen molar-refractivity contribution >= 4 is 21.6 Å². The number of nitriles is 1. The van der Waals surface area contributed by atoms with Gasteiger partial charge in [-0.05, 0) is 58.1 Å². The van der Waals surface area contributed by atoms with Gasteiger partial charge in [0, 0.05) is 17.6 Å². The Bertz CT molecular complexity index is 646. The quantitative estimate of drug-likeness (QED) is 0.794. The number of halogens is 1. The van der Waals surface area contributed by atoms with Crippen LogP contribution in [0.15, 0.2) is 46.9 Å². The first kappa shape index (κ1) is 13.2. The van der Waals surface area contributed by atoms with Crippen LogP contribution in [0.5, 0.6) is 0 Å². The number of nitrogens with zero attached hydrogens (tertiary/aromatic N) is 2. The molecule has 0 unspecified atom stereocenters. The maximum Gasteiger partial charge on any atom is 0.0992 e. The van der Waals surface area contributed by atoms with Crippen LogP contribution >= 0.6 is 15.9 Å². The molecule has 3 heteroatoms. The molecule has 3 rings (SSSR count). The van der Waals surface area contributed by atoms with Crippen LogP contribution in [-0.4, -0.2) is 13.1 Å². The minimum Gasteiger partial charge on any atom is -0.370 e. The number of anilines is 1. The highest BCUT2D eigenvalue weighted by atomic mass is 79.9. The zero-order chi connectivity index (χ0) is 13.9. The zero-order valence-electron chi connectivity index (χ0n) is 11.1. The van der Waals surface area contributed by atoms with Gasteiger partial charge in [0.05, 0.1) is 17.3 Å². The second kappa shape index (κ2) is 5.68. The molecule has 0 aliphatic carbocycles. The maximum atomic E-state index is 8.94. The van der Waals surface area contributed by atoms with E-state index in [0.29, 0.717) is 5.56 Å². The molecule has 0 bridgehead atoms. The molecule has 100 valence electrons. The van der Waals surface area contributed by atoms with Crippen LogP contribution in [0.25, 0.3) is 0 Å². The van der Waals surface area contributed by atoms with Gasteiger partial charge in [-0.2, -0.15) is 5.26 Å². The van der Waals surface area contributed by atoms with Gasteiger partial charge in [0.2, 0.25) is 0 Å². The first-order valence-corrected chi connectivity index (χ1v) is 7.58. The molecule has 0 aromatic heterocycles. The number of hydrogen-bond acceptors (Lipinski definition) is 2. The summed E-state index contributed by atoms with van der Waals surface area (Å²) in [7, 11) is 0. The Morgan fingerprint density at radius 1 is 1.00 bits per heavy atom. The Balaban J connectivity index is 1.85. The Hall–Kier alpha value is -1.79. The minimum atomic E-state index is 0.693. The van der Waals surface area contributed by atoms with Crippen LogP contribution in [0.4, 0.5) is 5.69 Å². The van der Waals surface area contributed by atoms with E-state index in [1.54, 1.807) is 0 Å². The molecule has 2 aromatic carbocycles. The van der Waals surface area contributed by atoms with E-state index in [1.165, 1.54) is 16.8 Å². The molecule has 0 atom stereocenters. The average molecular weight is 327 g/mol. The highest BCUT2D eigenvalue weighted by molar-refractivity contribution is 9.10. The van der Waals surface area contributed by atoms with Gasteiger partial charge in [-0.1, -0.05) is 24.3 Å². The lowest BCUT2D eigenvalue weighted by Crippen LogP contribution is -2.26. The second-order valence-electron chi connectivity index (χ2n) is 5.03. The minimum absolute atomic E-state index is 0.693. The van der Waals surface area contributed by atoms with Crippen molar-refractivity contribution in [2.75, 3.05) is 18.0 Å². The zero-order valence-corrected chi connectivity index (χ0v) is 12.7. The highest BCUT2D eigenvalue weighted by Crippen LogP contribution is 2.29. The van der Waals surface area contributed by atoms with E-state index in [0.717, 1.165) is 30.4 Å². The molecule has 0 saturated heterocycles. The fourth-order valence-corrected chi connectivity index (χ4v) is 3.37. The van der Waals surface area contributed by atoms with Gasteiger partial charge in [0.15, 0.2) is 0 Å². The first-order valence-electron chi connectivity index (χ1n) is 6.79. The molecule has 1 aliphatic rings. The third-order valence-electron chi connectivity index (χ3n) is 3.84. The predicted molar refractivity (Wildman–Crippen MR) is 84.9 cm³/mol. The molecule has 0 amide bonds. The second-order valence-corrected chi connectivity index (χ2v) is 5.89. The molecule has 2 nitrogen and oxygen atoms in total. The van der Waals surface area contributed by atoms with Crippen LogP contribution < -0.4 is 4.90 Å². The first-order chi connectivity index (χ1) is 9.78. The summed E-state index contributed by atoms with van der Waals surface area (Å²) in [6.07, 6.45) is 2.14. The van der Waals surface area contributed by atoms with E-state index in [2.05, 4.69) is 51.2 Å². The molecule has 2 aromatic rings. The van der Waals surface area contributed by atoms with Crippen molar-refractivity contribution in [3.8, 4) is 6.07 Å². The molecule has 20 heavy (non-hydrogen) atoms. The van der Waals surface area contributed by atoms with Crippen LogP contribution in [0.3, 0.4) is 0 Å². The summed E-state index contributed by atoms with van der Waals surface area (Å²) >= 11 is 3.59. The monoisotopic (exact) mass is 326 g/mol. The van der Waals surface area contributed by atoms with Crippen LogP contribution in [-0.2, 0) is 12.8 Å². The molecule has 0 radical (unpaired) electrons. The van der Waals surface area contributed by atoms with Crippen LogP contribution in [0.2, 0.25) is 0 Å². The van der Waals surface area contributed by atoms with Gasteiger partial charge >= 0.3 is 0 Å². The molecule has 1 heterocycles. The van der Waals surface area contributed by atoms with E-state index in [-0.39, 0.29) is 0 Å². The standard InChI is InChI=1S/C17H15BrN2/c18-16-11-13(12-19)5-6-17(16)20-9-7-14-3-1-2-4-15(14)8-10-20/h1-6,11H,7-10H2. The highest BCUT2D eigenvalue weighted by Gasteiger charge is 2.15. The molecule has 0 spiro atoms. The van der Waals surface area contributed by atoms with E-state index < -0.39 is 0 Å². The summed E-state index contributed by atoms with van der Waals surface area (Å²) in [4.78, 5) is 2.39. The van der Waals surface area contributed by atoms with Gasteiger partial charge in [0.25, 0.3) is 0 Å². The van der Waals surface area contributed by atoms with Crippen molar-refractivity contribution in [1.82, 2.24) is 0 Å². The van der Waals surface area contributed by atoms with Crippen molar-refractivity contribution in [2.45, 2.75) is 12.8 Å². The number of hydrogen-bond donors (Lipinski definition) is 0. The Morgan fingerprint density at radius 2 is 1.65 bits per heavy atom. The molecule has 0 fully saturated rings. The number of fused-ring (bicyclic) bond motifs is 1. The summed E-state index contributed by atoms with van der Waals surface area (Å²) in [5, 5.41) is 8.94. The van der Waals surface area contributed by atoms with Crippen LogP contribution in [0, 0.1) is 11.3 Å². The normalized spacial score (nSPS) is 14.3. The maximum absolute atomic E-state index is 8.94. The van der Waals surface area contributed by atoms with E-state index >= 15 is 0 Å². The molecule has 0 saturated carbocycles. The van der Waals surface area contributed by atoms with Crippen molar-refractivity contribution in [2.24, 2.45) is 0 Å². The lowest BCUT2D eigenvalue weighted by atomic mass is 10.0.